The van der Waals surface area contributed by atoms with Gasteiger partial charge in [-0.05, 0) is 47.9 Å². The average Bonchev–Trinajstić information content (AvgIpc) is 2.81. The van der Waals surface area contributed by atoms with Crippen LogP contribution in [0.3, 0.4) is 0 Å². The van der Waals surface area contributed by atoms with Gasteiger partial charge in [0, 0.05) is 24.7 Å². The lowest BCUT2D eigenvalue weighted by molar-refractivity contribution is 0.00559. The molecule has 1 fully saturated rings. The third kappa shape index (κ3) is 4.73. The lowest BCUT2D eigenvalue weighted by atomic mass is 9.94. The number of likely N-dealkylation sites (tertiary alicyclic amines) is 1. The first-order valence-corrected chi connectivity index (χ1v) is 12.5. The smallest absolute Gasteiger partial charge is 0.264 e. The van der Waals surface area contributed by atoms with Crippen molar-refractivity contribution in [2.24, 2.45) is 0 Å². The summed E-state index contributed by atoms with van der Waals surface area (Å²) in [6.45, 7) is 0.307. The topological polar surface area (TPSA) is 99.6 Å². The van der Waals surface area contributed by atoms with Crippen molar-refractivity contribution in [3.8, 4) is 0 Å². The number of amides is 1. The van der Waals surface area contributed by atoms with Crippen LogP contribution in [0.25, 0.3) is 10.9 Å². The number of hydrogen-bond acceptors (Lipinski definition) is 5. The highest BCUT2D eigenvalue weighted by molar-refractivity contribution is 7.93. The summed E-state index contributed by atoms with van der Waals surface area (Å²) in [6.07, 6.45) is 2.12. The standard InChI is InChI=1S/C19H16FN3O4S.C7H6/c20-16-9-13(6-7-15(16)19(25)23-10-14(24)11-23)22-28(26,27)17-5-1-3-12-4-2-8-21-18(12)17;1-2-6-4-7(3-1)5-6/h1-9,14,22,24H,10-11H2;1-4H,5H2. The Kier molecular flexibility index (Phi) is 5.96. The van der Waals surface area contributed by atoms with Crippen molar-refractivity contribution in [3.63, 3.8) is 0 Å². The minimum absolute atomic E-state index is 0.00868. The van der Waals surface area contributed by atoms with Crippen LogP contribution in [0, 0.1) is 5.82 Å². The lowest BCUT2D eigenvalue weighted by Gasteiger charge is -2.35. The van der Waals surface area contributed by atoms with Crippen molar-refractivity contribution >= 4 is 32.5 Å². The third-order valence-electron chi connectivity index (χ3n) is 5.89. The number of nitrogens with one attached hydrogen (secondary N) is 1. The number of pyridine rings is 1. The molecule has 7 rings (SSSR count). The molecule has 2 N–H and O–H groups in total. The van der Waals surface area contributed by atoms with Gasteiger partial charge in [0.25, 0.3) is 15.9 Å². The Hall–Kier alpha value is -3.82. The van der Waals surface area contributed by atoms with Crippen molar-refractivity contribution in [2.75, 3.05) is 17.8 Å². The van der Waals surface area contributed by atoms with Crippen LogP contribution in [0.15, 0.2) is 83.9 Å². The molecule has 2 aliphatic carbocycles. The van der Waals surface area contributed by atoms with Crippen LogP contribution in [0.4, 0.5) is 10.1 Å². The lowest BCUT2D eigenvalue weighted by Crippen LogP contribution is -2.53. The van der Waals surface area contributed by atoms with E-state index in [1.54, 1.807) is 24.3 Å². The van der Waals surface area contributed by atoms with E-state index in [9.17, 15) is 22.7 Å². The summed E-state index contributed by atoms with van der Waals surface area (Å²) in [6, 6.07) is 20.4. The highest BCUT2D eigenvalue weighted by Crippen LogP contribution is 2.25. The van der Waals surface area contributed by atoms with Crippen molar-refractivity contribution in [1.82, 2.24) is 9.88 Å². The molecule has 3 aliphatic rings. The highest BCUT2D eigenvalue weighted by atomic mass is 32.2. The molecular weight excluding hydrogens is 469 g/mol. The van der Waals surface area contributed by atoms with E-state index >= 15 is 0 Å². The molecule has 2 heterocycles. The van der Waals surface area contributed by atoms with Crippen LogP contribution in [-0.4, -0.2) is 48.5 Å². The molecule has 1 aromatic heterocycles. The number of aromatic nitrogens is 1. The summed E-state index contributed by atoms with van der Waals surface area (Å²) < 4.78 is 42.3. The summed E-state index contributed by atoms with van der Waals surface area (Å²) in [7, 11) is -4.01. The van der Waals surface area contributed by atoms with Crippen LogP contribution >= 0.6 is 0 Å². The summed E-state index contributed by atoms with van der Waals surface area (Å²) in [5.41, 5.74) is 3.09. The maximum absolute atomic E-state index is 14.4. The van der Waals surface area contributed by atoms with E-state index in [2.05, 4.69) is 34.0 Å². The molecule has 1 saturated heterocycles. The predicted molar refractivity (Wildman–Crippen MR) is 130 cm³/mol. The van der Waals surface area contributed by atoms with Gasteiger partial charge in [-0.1, -0.05) is 42.5 Å². The maximum Gasteiger partial charge on any atom is 0.264 e. The number of halogens is 1. The molecule has 1 amide bonds. The van der Waals surface area contributed by atoms with Gasteiger partial charge in [-0.2, -0.15) is 0 Å². The van der Waals surface area contributed by atoms with Gasteiger partial charge >= 0.3 is 0 Å². The molecule has 2 bridgehead atoms. The number of para-hydroxylation sites is 1. The summed E-state index contributed by atoms with van der Waals surface area (Å²) in [5.74, 6) is -1.39. The zero-order chi connectivity index (χ0) is 24.6. The Balaban J connectivity index is 0.000000306. The van der Waals surface area contributed by atoms with Crippen molar-refractivity contribution in [3.05, 3.63) is 102 Å². The zero-order valence-electron chi connectivity index (χ0n) is 18.6. The Morgan fingerprint density at radius 1 is 1.00 bits per heavy atom. The molecule has 3 aromatic carbocycles. The monoisotopic (exact) mass is 491 g/mol. The molecule has 178 valence electrons. The van der Waals surface area contributed by atoms with Gasteiger partial charge in [0.15, 0.2) is 0 Å². The van der Waals surface area contributed by atoms with Crippen LogP contribution in [0.2, 0.25) is 0 Å². The molecule has 4 aromatic rings. The first kappa shape index (κ1) is 22.9. The number of fused-ring (bicyclic) bond motifs is 3. The van der Waals surface area contributed by atoms with Crippen molar-refractivity contribution in [2.45, 2.75) is 17.4 Å². The van der Waals surface area contributed by atoms with Gasteiger partial charge in [0.1, 0.15) is 10.7 Å². The molecule has 0 radical (unpaired) electrons. The van der Waals surface area contributed by atoms with E-state index in [1.165, 1.54) is 46.8 Å². The second-order valence-electron chi connectivity index (χ2n) is 8.49. The predicted octanol–water partition coefficient (Wildman–Crippen LogP) is 3.58. The number of rotatable bonds is 4. The van der Waals surface area contributed by atoms with Crippen LogP contribution in [0.1, 0.15) is 21.5 Å². The van der Waals surface area contributed by atoms with E-state index in [1.807, 2.05) is 0 Å². The molecule has 0 atom stereocenters. The fourth-order valence-electron chi connectivity index (χ4n) is 4.00. The quantitative estimate of drug-likeness (QED) is 0.400. The minimum atomic E-state index is -4.01. The maximum atomic E-state index is 14.4. The Bertz CT molecular complexity index is 1500. The Morgan fingerprint density at radius 3 is 2.29 bits per heavy atom. The molecule has 35 heavy (non-hydrogen) atoms. The summed E-state index contributed by atoms with van der Waals surface area (Å²) in [5, 5.41) is 9.93. The van der Waals surface area contributed by atoms with Crippen LogP contribution < -0.4 is 4.72 Å². The Morgan fingerprint density at radius 2 is 1.69 bits per heavy atom. The van der Waals surface area contributed by atoms with Gasteiger partial charge < -0.3 is 10.0 Å². The zero-order valence-corrected chi connectivity index (χ0v) is 19.4. The number of carbonyl (C=O) groups is 1. The molecular formula is C26H22FN3O4S. The fraction of sp³-hybridized carbons (Fsp3) is 0.154. The SMILES string of the molecule is O=C(c1ccc(NS(=O)(=O)c2cccc3cccnc23)cc1F)N1CC(O)C1.c1cc2cc(c1)C2. The number of β-amino-alcohol motifs (C(OH)–C–C–N with tert-alkyl or cyclic N) is 1. The number of hydrogen-bond donors (Lipinski definition) is 2. The molecule has 0 unspecified atom stereocenters. The largest absolute Gasteiger partial charge is 0.389 e. The highest BCUT2D eigenvalue weighted by Gasteiger charge is 2.31. The number of aliphatic hydroxyl groups is 1. The number of nitrogens with zero attached hydrogens (tertiary/aromatic N) is 2. The molecule has 0 saturated carbocycles. The second-order valence-corrected chi connectivity index (χ2v) is 10.1. The van der Waals surface area contributed by atoms with Gasteiger partial charge in [0.05, 0.1) is 22.9 Å². The minimum Gasteiger partial charge on any atom is -0.389 e. The first-order chi connectivity index (χ1) is 16.8. The second kappa shape index (κ2) is 9.09. The number of sulfonamides is 1. The number of aliphatic hydroxyl groups excluding tert-OH is 1. The Labute approximate surface area is 201 Å². The van der Waals surface area contributed by atoms with Gasteiger partial charge in [-0.25, -0.2) is 12.8 Å². The van der Waals surface area contributed by atoms with E-state index in [-0.39, 0.29) is 29.2 Å². The van der Waals surface area contributed by atoms with Crippen molar-refractivity contribution < 1.29 is 22.7 Å². The van der Waals surface area contributed by atoms with E-state index in [4.69, 9.17) is 0 Å². The van der Waals surface area contributed by atoms with E-state index in [0.717, 1.165) is 6.07 Å². The fourth-order valence-corrected chi connectivity index (χ4v) is 5.23. The summed E-state index contributed by atoms with van der Waals surface area (Å²) in [4.78, 5) is 17.6. The van der Waals surface area contributed by atoms with E-state index in [0.29, 0.717) is 10.9 Å². The van der Waals surface area contributed by atoms with Gasteiger partial charge in [-0.15, -0.1) is 0 Å². The molecule has 0 spiro atoms. The number of anilines is 1. The normalized spacial score (nSPS) is 14.4. The number of carbonyl (C=O) groups excluding carboxylic acids is 1. The van der Waals surface area contributed by atoms with Crippen molar-refractivity contribution in [1.29, 1.82) is 0 Å². The van der Waals surface area contributed by atoms with Crippen LogP contribution in [0.5, 0.6) is 0 Å². The molecule has 7 nitrogen and oxygen atoms in total. The first-order valence-electron chi connectivity index (χ1n) is 11.0. The number of benzene rings is 3. The average molecular weight is 492 g/mol. The summed E-state index contributed by atoms with van der Waals surface area (Å²) >= 11 is 0. The van der Waals surface area contributed by atoms with E-state index < -0.39 is 27.9 Å². The van der Waals surface area contributed by atoms with Crippen LogP contribution in [-0.2, 0) is 16.4 Å². The van der Waals surface area contributed by atoms with Gasteiger partial charge in [0.2, 0.25) is 0 Å². The van der Waals surface area contributed by atoms with Gasteiger partial charge in [-0.3, -0.25) is 14.5 Å². The third-order valence-corrected chi connectivity index (χ3v) is 7.30. The molecule has 9 heteroatoms. The molecule has 1 aliphatic heterocycles.